The van der Waals surface area contributed by atoms with Gasteiger partial charge in [-0.2, -0.15) is 5.10 Å². The Labute approximate surface area is 121 Å². The lowest BCUT2D eigenvalue weighted by atomic mass is 9.88. The van der Waals surface area contributed by atoms with Gasteiger partial charge < -0.3 is 5.32 Å². The molecule has 0 bridgehead atoms. The summed E-state index contributed by atoms with van der Waals surface area (Å²) in [5.41, 5.74) is 0.288. The van der Waals surface area contributed by atoms with E-state index >= 15 is 0 Å². The van der Waals surface area contributed by atoms with Crippen LogP contribution < -0.4 is 5.32 Å². The molecule has 3 rings (SSSR count). The Morgan fingerprint density at radius 2 is 2.25 bits per heavy atom. The summed E-state index contributed by atoms with van der Waals surface area (Å²) in [7, 11) is 1.99. The van der Waals surface area contributed by atoms with Crippen LogP contribution in [-0.2, 0) is 13.6 Å². The highest BCUT2D eigenvalue weighted by atomic mass is 15.4. The molecule has 1 saturated heterocycles. The molecule has 2 aliphatic rings. The van der Waals surface area contributed by atoms with E-state index in [0.29, 0.717) is 6.04 Å². The normalized spacial score (nSPS) is 31.6. The van der Waals surface area contributed by atoms with Gasteiger partial charge >= 0.3 is 0 Å². The van der Waals surface area contributed by atoms with E-state index in [9.17, 15) is 0 Å². The summed E-state index contributed by atoms with van der Waals surface area (Å²) >= 11 is 0. The molecule has 2 unspecified atom stereocenters. The van der Waals surface area contributed by atoms with Gasteiger partial charge in [-0.3, -0.25) is 9.58 Å². The van der Waals surface area contributed by atoms with Crippen molar-refractivity contribution >= 4 is 0 Å². The number of hydrogen-bond donors (Lipinski definition) is 1. The largest absolute Gasteiger partial charge is 0.311 e. The average molecular weight is 277 g/mol. The van der Waals surface area contributed by atoms with Gasteiger partial charge in [0.2, 0.25) is 0 Å². The summed E-state index contributed by atoms with van der Waals surface area (Å²) in [6.45, 7) is 7.86. The van der Waals surface area contributed by atoms with E-state index < -0.39 is 0 Å². The minimum absolute atomic E-state index is 0.288. The fourth-order valence-electron chi connectivity index (χ4n) is 3.53. The molecule has 1 aromatic heterocycles. The van der Waals surface area contributed by atoms with Crippen LogP contribution in [-0.4, -0.2) is 44.3 Å². The molecule has 0 spiro atoms. The molecule has 1 aliphatic heterocycles. The molecular formula is C15H27N5. The Morgan fingerprint density at radius 3 is 2.85 bits per heavy atom. The highest BCUT2D eigenvalue weighted by Crippen LogP contribution is 2.44. The molecule has 0 radical (unpaired) electrons. The third kappa shape index (κ3) is 2.61. The van der Waals surface area contributed by atoms with Crippen molar-refractivity contribution in [3.63, 3.8) is 0 Å². The van der Waals surface area contributed by atoms with Gasteiger partial charge in [0.05, 0.1) is 6.54 Å². The van der Waals surface area contributed by atoms with Crippen molar-refractivity contribution in [1.82, 2.24) is 25.0 Å². The molecule has 2 atom stereocenters. The van der Waals surface area contributed by atoms with E-state index in [1.807, 2.05) is 11.7 Å². The quantitative estimate of drug-likeness (QED) is 0.887. The standard InChI is InChI=1S/C15H27N5/c1-4-5-13-8-20(9-14-17-11-18-19(14)3)15(2,10-16-13)12-6-7-12/h11-13,16H,4-10H2,1-3H3. The minimum Gasteiger partial charge on any atom is -0.311 e. The minimum atomic E-state index is 0.288. The second-order valence-corrected chi connectivity index (χ2v) is 6.68. The van der Waals surface area contributed by atoms with Crippen molar-refractivity contribution in [2.75, 3.05) is 13.1 Å². The van der Waals surface area contributed by atoms with Crippen LogP contribution in [0.25, 0.3) is 0 Å². The Hall–Kier alpha value is -0.940. The molecule has 5 nitrogen and oxygen atoms in total. The fraction of sp³-hybridized carbons (Fsp3) is 0.867. The summed E-state index contributed by atoms with van der Waals surface area (Å²) < 4.78 is 1.91. The number of piperazine rings is 1. The van der Waals surface area contributed by atoms with Crippen molar-refractivity contribution < 1.29 is 0 Å². The van der Waals surface area contributed by atoms with Gasteiger partial charge in [0.15, 0.2) is 0 Å². The van der Waals surface area contributed by atoms with E-state index in [4.69, 9.17) is 0 Å². The van der Waals surface area contributed by atoms with Gasteiger partial charge in [-0.1, -0.05) is 13.3 Å². The van der Waals surface area contributed by atoms with E-state index in [2.05, 4.69) is 34.1 Å². The topological polar surface area (TPSA) is 46.0 Å². The zero-order valence-corrected chi connectivity index (χ0v) is 13.0. The molecule has 5 heteroatoms. The van der Waals surface area contributed by atoms with Crippen molar-refractivity contribution in [1.29, 1.82) is 0 Å². The predicted molar refractivity (Wildman–Crippen MR) is 79.2 cm³/mol. The van der Waals surface area contributed by atoms with Gasteiger partial charge in [-0.05, 0) is 32.1 Å². The maximum Gasteiger partial charge on any atom is 0.140 e. The number of nitrogens with one attached hydrogen (secondary N) is 1. The molecule has 0 aromatic carbocycles. The number of aromatic nitrogens is 3. The van der Waals surface area contributed by atoms with Gasteiger partial charge in [-0.15, -0.1) is 0 Å². The summed E-state index contributed by atoms with van der Waals surface area (Å²) in [5.74, 6) is 1.93. The number of hydrogen-bond acceptors (Lipinski definition) is 4. The van der Waals surface area contributed by atoms with Crippen LogP contribution in [0.5, 0.6) is 0 Å². The molecule has 0 amide bonds. The van der Waals surface area contributed by atoms with E-state index in [0.717, 1.165) is 31.4 Å². The lowest BCUT2D eigenvalue weighted by Gasteiger charge is -2.48. The van der Waals surface area contributed by atoms with Crippen LogP contribution in [0, 0.1) is 5.92 Å². The molecule has 1 aromatic rings. The van der Waals surface area contributed by atoms with Crippen LogP contribution in [0.1, 0.15) is 45.4 Å². The summed E-state index contributed by atoms with van der Waals surface area (Å²) in [6.07, 6.45) is 6.93. The number of nitrogens with zero attached hydrogens (tertiary/aromatic N) is 4. The summed E-state index contributed by atoms with van der Waals surface area (Å²) in [4.78, 5) is 7.07. The van der Waals surface area contributed by atoms with Crippen LogP contribution in [0.2, 0.25) is 0 Å². The van der Waals surface area contributed by atoms with Crippen molar-refractivity contribution in [3.05, 3.63) is 12.2 Å². The molecule has 1 N–H and O–H groups in total. The third-order valence-corrected chi connectivity index (χ3v) is 5.14. The van der Waals surface area contributed by atoms with Crippen molar-refractivity contribution in [2.24, 2.45) is 13.0 Å². The zero-order chi connectivity index (χ0) is 14.2. The van der Waals surface area contributed by atoms with Gasteiger partial charge in [-0.25, -0.2) is 4.98 Å². The Morgan fingerprint density at radius 1 is 1.45 bits per heavy atom. The van der Waals surface area contributed by atoms with Crippen LogP contribution in [0.3, 0.4) is 0 Å². The van der Waals surface area contributed by atoms with Crippen LogP contribution >= 0.6 is 0 Å². The lowest BCUT2D eigenvalue weighted by molar-refractivity contribution is 0.0231. The smallest absolute Gasteiger partial charge is 0.140 e. The van der Waals surface area contributed by atoms with Crippen LogP contribution in [0.15, 0.2) is 6.33 Å². The second kappa shape index (κ2) is 5.45. The first-order valence-corrected chi connectivity index (χ1v) is 7.94. The van der Waals surface area contributed by atoms with Gasteiger partial charge in [0, 0.05) is 31.7 Å². The average Bonchev–Trinajstić information content (AvgIpc) is 3.20. The zero-order valence-electron chi connectivity index (χ0n) is 13.0. The molecule has 20 heavy (non-hydrogen) atoms. The predicted octanol–water partition coefficient (Wildman–Crippen LogP) is 1.56. The highest BCUT2D eigenvalue weighted by molar-refractivity contribution is 5.06. The summed E-state index contributed by atoms with van der Waals surface area (Å²) in [6, 6.07) is 0.625. The first-order chi connectivity index (χ1) is 9.63. The first kappa shape index (κ1) is 14.0. The van der Waals surface area contributed by atoms with Crippen LogP contribution in [0.4, 0.5) is 0 Å². The SMILES string of the molecule is CCCC1CN(Cc2ncnn2C)C(C)(C2CC2)CN1. The highest BCUT2D eigenvalue weighted by Gasteiger charge is 2.48. The molecule has 112 valence electrons. The Kier molecular flexibility index (Phi) is 3.82. The molecular weight excluding hydrogens is 250 g/mol. The molecule has 1 aliphatic carbocycles. The summed E-state index contributed by atoms with van der Waals surface area (Å²) in [5, 5.41) is 7.98. The van der Waals surface area contributed by atoms with E-state index in [1.165, 1.54) is 25.7 Å². The fourth-order valence-corrected chi connectivity index (χ4v) is 3.53. The van der Waals surface area contributed by atoms with Gasteiger partial charge in [0.25, 0.3) is 0 Å². The van der Waals surface area contributed by atoms with E-state index in [-0.39, 0.29) is 5.54 Å². The van der Waals surface area contributed by atoms with E-state index in [1.54, 1.807) is 6.33 Å². The maximum atomic E-state index is 4.42. The third-order valence-electron chi connectivity index (χ3n) is 5.14. The monoisotopic (exact) mass is 277 g/mol. The van der Waals surface area contributed by atoms with Crippen molar-refractivity contribution in [3.8, 4) is 0 Å². The number of rotatable bonds is 5. The maximum absolute atomic E-state index is 4.42. The molecule has 2 heterocycles. The lowest BCUT2D eigenvalue weighted by Crippen LogP contribution is -2.64. The second-order valence-electron chi connectivity index (χ2n) is 6.68. The Bertz CT molecular complexity index is 453. The van der Waals surface area contributed by atoms with Crippen molar-refractivity contribution in [2.45, 2.75) is 57.7 Å². The number of aryl methyl sites for hydroxylation is 1. The van der Waals surface area contributed by atoms with Gasteiger partial charge in [0.1, 0.15) is 12.2 Å². The Balaban J connectivity index is 1.76. The first-order valence-electron chi connectivity index (χ1n) is 7.94. The molecule has 2 fully saturated rings. The molecule has 1 saturated carbocycles.